The number of carbonyl (C=O) groups excluding carboxylic acids is 1. The fourth-order valence-corrected chi connectivity index (χ4v) is 3.16. The molecule has 124 valence electrons. The van der Waals surface area contributed by atoms with E-state index in [4.69, 9.17) is 9.47 Å². The number of sulfonamides is 1. The number of ether oxygens (including phenoxy) is 2. The van der Waals surface area contributed by atoms with E-state index >= 15 is 0 Å². The molecule has 1 rings (SSSR count). The molecule has 0 bridgehead atoms. The van der Waals surface area contributed by atoms with E-state index in [1.54, 1.807) is 6.92 Å². The van der Waals surface area contributed by atoms with Crippen LogP contribution in [-0.2, 0) is 19.6 Å². The summed E-state index contributed by atoms with van der Waals surface area (Å²) in [5, 5.41) is 0. The summed E-state index contributed by atoms with van der Waals surface area (Å²) in [5.41, 5.74) is 0. The van der Waals surface area contributed by atoms with Crippen LogP contribution in [0.2, 0.25) is 0 Å². The van der Waals surface area contributed by atoms with Crippen LogP contribution in [0.25, 0.3) is 0 Å². The number of carbonyl (C=O) groups is 1. The summed E-state index contributed by atoms with van der Waals surface area (Å²) >= 11 is 0. The highest BCUT2D eigenvalue weighted by Crippen LogP contribution is 2.16. The average Bonchev–Trinajstić information content (AvgIpc) is 2.45. The minimum absolute atomic E-state index is 0.116. The second kappa shape index (κ2) is 8.75. The number of hydrogen-bond donors (Lipinski definition) is 1. The van der Waals surface area contributed by atoms with Crippen LogP contribution in [-0.4, -0.2) is 33.6 Å². The van der Waals surface area contributed by atoms with Crippen molar-refractivity contribution in [1.82, 2.24) is 4.72 Å². The monoisotopic (exact) mass is 329 g/mol. The van der Waals surface area contributed by atoms with Gasteiger partial charge in [-0.15, -0.1) is 0 Å². The predicted molar refractivity (Wildman–Crippen MR) is 83.3 cm³/mol. The van der Waals surface area contributed by atoms with Gasteiger partial charge in [0.05, 0.1) is 11.5 Å². The molecule has 1 N–H and O–H groups in total. The summed E-state index contributed by atoms with van der Waals surface area (Å²) in [7, 11) is -3.54. The molecule has 0 aliphatic carbocycles. The molecule has 0 saturated heterocycles. The van der Waals surface area contributed by atoms with Gasteiger partial charge in [0.1, 0.15) is 5.75 Å². The summed E-state index contributed by atoms with van der Waals surface area (Å²) in [6, 6.07) is 5.80. The van der Waals surface area contributed by atoms with Gasteiger partial charge >= 0.3 is 5.97 Å². The zero-order valence-electron chi connectivity index (χ0n) is 13.2. The fourth-order valence-electron chi connectivity index (χ4n) is 1.88. The molecule has 6 nitrogen and oxygen atoms in total. The van der Waals surface area contributed by atoms with Crippen molar-refractivity contribution in [3.8, 4) is 5.75 Å². The van der Waals surface area contributed by atoms with Crippen molar-refractivity contribution in [2.45, 2.75) is 44.6 Å². The smallest absolute Gasteiger partial charge is 0.344 e. The number of rotatable bonds is 9. The molecule has 0 spiro atoms. The number of hydrogen-bond acceptors (Lipinski definition) is 5. The molecule has 0 heterocycles. The number of nitrogens with one attached hydrogen (secondary N) is 1. The van der Waals surface area contributed by atoms with Crippen LogP contribution >= 0.6 is 0 Å². The lowest BCUT2D eigenvalue weighted by atomic mass is 10.2. The topological polar surface area (TPSA) is 81.7 Å². The molecule has 22 heavy (non-hydrogen) atoms. The van der Waals surface area contributed by atoms with Gasteiger partial charge in [0.25, 0.3) is 0 Å². The molecule has 0 aliphatic heterocycles. The quantitative estimate of drug-likeness (QED) is 0.702. The first kappa shape index (κ1) is 18.4. The van der Waals surface area contributed by atoms with Crippen molar-refractivity contribution in [3.05, 3.63) is 24.3 Å². The van der Waals surface area contributed by atoms with Gasteiger partial charge in [-0.1, -0.05) is 13.3 Å². The lowest BCUT2D eigenvalue weighted by Crippen LogP contribution is -2.32. The Labute approximate surface area is 131 Å². The van der Waals surface area contributed by atoms with Crippen LogP contribution in [0.5, 0.6) is 5.75 Å². The molecule has 7 heteroatoms. The fraction of sp³-hybridized carbons (Fsp3) is 0.533. The van der Waals surface area contributed by atoms with Crippen molar-refractivity contribution in [3.63, 3.8) is 0 Å². The van der Waals surface area contributed by atoms with E-state index in [9.17, 15) is 13.2 Å². The summed E-state index contributed by atoms with van der Waals surface area (Å²) < 4.78 is 36.9. The molecule has 0 amide bonds. The molecule has 1 aromatic rings. The average molecular weight is 329 g/mol. The van der Waals surface area contributed by atoms with Crippen LogP contribution in [0.3, 0.4) is 0 Å². The largest absolute Gasteiger partial charge is 0.482 e. The van der Waals surface area contributed by atoms with Crippen LogP contribution in [0.15, 0.2) is 29.2 Å². The molecule has 1 aromatic carbocycles. The maximum absolute atomic E-state index is 12.2. The second-order valence-electron chi connectivity index (χ2n) is 4.88. The van der Waals surface area contributed by atoms with Gasteiger partial charge in [-0.2, -0.15) is 0 Å². The minimum atomic E-state index is -3.54. The summed E-state index contributed by atoms with van der Waals surface area (Å²) in [6.45, 7) is 5.63. The van der Waals surface area contributed by atoms with Gasteiger partial charge in [0.15, 0.2) is 6.61 Å². The lowest BCUT2D eigenvalue weighted by Gasteiger charge is -2.13. The Morgan fingerprint density at radius 3 is 2.41 bits per heavy atom. The summed E-state index contributed by atoms with van der Waals surface area (Å²) in [5.74, 6) is -0.0529. The van der Waals surface area contributed by atoms with Gasteiger partial charge in [0.2, 0.25) is 10.0 Å². The van der Waals surface area contributed by atoms with Gasteiger partial charge in [-0.05, 0) is 44.5 Å². The molecule has 0 aromatic heterocycles. The third-order valence-corrected chi connectivity index (χ3v) is 4.48. The molecule has 0 saturated carbocycles. The van der Waals surface area contributed by atoms with Crippen molar-refractivity contribution in [2.75, 3.05) is 13.2 Å². The summed E-state index contributed by atoms with van der Waals surface area (Å²) in [4.78, 5) is 11.3. The third-order valence-electron chi connectivity index (χ3n) is 2.87. The van der Waals surface area contributed by atoms with E-state index in [1.165, 1.54) is 24.3 Å². The Balaban J connectivity index is 2.65. The number of benzene rings is 1. The molecule has 0 unspecified atom stereocenters. The van der Waals surface area contributed by atoms with Crippen molar-refractivity contribution in [2.24, 2.45) is 0 Å². The van der Waals surface area contributed by atoms with Gasteiger partial charge in [-0.3, -0.25) is 0 Å². The van der Waals surface area contributed by atoms with Crippen molar-refractivity contribution in [1.29, 1.82) is 0 Å². The third kappa shape index (κ3) is 6.03. The van der Waals surface area contributed by atoms with Crippen LogP contribution in [0, 0.1) is 0 Å². The van der Waals surface area contributed by atoms with E-state index in [1.807, 2.05) is 13.8 Å². The van der Waals surface area contributed by atoms with E-state index in [2.05, 4.69) is 4.72 Å². The van der Waals surface area contributed by atoms with E-state index in [-0.39, 0.29) is 17.5 Å². The normalized spacial score (nSPS) is 12.7. The lowest BCUT2D eigenvalue weighted by molar-refractivity contribution is -0.145. The Morgan fingerprint density at radius 1 is 1.23 bits per heavy atom. The Hall–Kier alpha value is -1.60. The highest BCUT2D eigenvalue weighted by molar-refractivity contribution is 7.89. The maximum atomic E-state index is 12.2. The van der Waals surface area contributed by atoms with Crippen molar-refractivity contribution < 1.29 is 22.7 Å². The second-order valence-corrected chi connectivity index (χ2v) is 6.59. The van der Waals surface area contributed by atoms with E-state index < -0.39 is 16.0 Å². The first-order valence-electron chi connectivity index (χ1n) is 7.29. The van der Waals surface area contributed by atoms with Crippen molar-refractivity contribution >= 4 is 16.0 Å². The van der Waals surface area contributed by atoms with Crippen LogP contribution in [0.1, 0.15) is 33.6 Å². The van der Waals surface area contributed by atoms with Gasteiger partial charge in [0, 0.05) is 6.04 Å². The first-order valence-corrected chi connectivity index (χ1v) is 8.78. The zero-order chi connectivity index (χ0) is 16.6. The van der Waals surface area contributed by atoms with E-state index in [0.29, 0.717) is 12.4 Å². The maximum Gasteiger partial charge on any atom is 0.344 e. The Kier molecular flexibility index (Phi) is 7.34. The molecule has 0 radical (unpaired) electrons. The van der Waals surface area contributed by atoms with Crippen LogP contribution < -0.4 is 9.46 Å². The Morgan fingerprint density at radius 2 is 1.86 bits per heavy atom. The highest BCUT2D eigenvalue weighted by atomic mass is 32.2. The van der Waals surface area contributed by atoms with Gasteiger partial charge < -0.3 is 9.47 Å². The minimum Gasteiger partial charge on any atom is -0.482 e. The molecule has 1 atom stereocenters. The molecule has 0 fully saturated rings. The van der Waals surface area contributed by atoms with Crippen LogP contribution in [0.4, 0.5) is 0 Å². The molecule has 0 aliphatic rings. The molecular weight excluding hydrogens is 306 g/mol. The number of esters is 1. The van der Waals surface area contributed by atoms with E-state index in [0.717, 1.165) is 12.8 Å². The standard InChI is InChI=1S/C15H23NO5S/c1-4-6-12(3)16-22(18,19)14-9-7-13(8-10-14)21-11-15(17)20-5-2/h7-10,12,16H,4-6,11H2,1-3H3/t12-/m1/s1. The first-order chi connectivity index (χ1) is 10.4. The summed E-state index contributed by atoms with van der Waals surface area (Å²) in [6.07, 6.45) is 1.68. The van der Waals surface area contributed by atoms with Gasteiger partial charge in [-0.25, -0.2) is 17.9 Å². The predicted octanol–water partition coefficient (Wildman–Crippen LogP) is 2.10. The zero-order valence-corrected chi connectivity index (χ0v) is 14.0. The SMILES string of the molecule is CCC[C@@H](C)NS(=O)(=O)c1ccc(OCC(=O)OCC)cc1. The highest BCUT2D eigenvalue weighted by Gasteiger charge is 2.16. The molecular formula is C15H23NO5S. The Bertz CT molecular complexity index is 568.